The molecule has 0 aromatic heterocycles. The highest BCUT2D eigenvalue weighted by molar-refractivity contribution is 5.96. The van der Waals surface area contributed by atoms with E-state index in [9.17, 15) is 9.59 Å². The molecule has 3 heteroatoms. The van der Waals surface area contributed by atoms with E-state index in [-0.39, 0.29) is 17.6 Å². The van der Waals surface area contributed by atoms with Crippen molar-refractivity contribution in [2.24, 2.45) is 11.8 Å². The molecule has 1 N–H and O–H groups in total. The topological polar surface area (TPSA) is 54.4 Å². The van der Waals surface area contributed by atoms with Crippen LogP contribution in [0.1, 0.15) is 23.2 Å². The molecule has 15 heavy (non-hydrogen) atoms. The van der Waals surface area contributed by atoms with E-state index in [1.807, 2.05) is 18.2 Å². The van der Waals surface area contributed by atoms with Crippen molar-refractivity contribution >= 4 is 11.8 Å². The fourth-order valence-electron chi connectivity index (χ4n) is 1.76. The van der Waals surface area contributed by atoms with E-state index >= 15 is 0 Å². The molecular formula is C12H12O3. The van der Waals surface area contributed by atoms with Crippen molar-refractivity contribution in [3.05, 3.63) is 35.9 Å². The number of carbonyl (C=O) groups excluding carboxylic acids is 1. The maximum atomic E-state index is 11.7. The fourth-order valence-corrected chi connectivity index (χ4v) is 1.76. The lowest BCUT2D eigenvalue weighted by molar-refractivity contribution is -0.138. The maximum Gasteiger partial charge on any atom is 0.306 e. The van der Waals surface area contributed by atoms with Crippen molar-refractivity contribution in [2.75, 3.05) is 0 Å². The molecule has 3 nitrogen and oxygen atoms in total. The minimum atomic E-state index is -0.777. The van der Waals surface area contributed by atoms with Gasteiger partial charge in [0.25, 0.3) is 0 Å². The van der Waals surface area contributed by atoms with Gasteiger partial charge in [-0.05, 0) is 12.3 Å². The average molecular weight is 204 g/mol. The third-order valence-electron chi connectivity index (χ3n) is 2.78. The Morgan fingerprint density at radius 1 is 1.27 bits per heavy atom. The molecule has 0 amide bonds. The molecule has 2 unspecified atom stereocenters. The Balaban J connectivity index is 1.92. The Morgan fingerprint density at radius 3 is 2.47 bits per heavy atom. The molecular weight excluding hydrogens is 192 g/mol. The second-order valence-corrected chi connectivity index (χ2v) is 3.93. The maximum absolute atomic E-state index is 11.7. The van der Waals surface area contributed by atoms with Crippen molar-refractivity contribution < 1.29 is 14.7 Å². The van der Waals surface area contributed by atoms with Crippen LogP contribution in [-0.2, 0) is 4.79 Å². The number of ketones is 1. The van der Waals surface area contributed by atoms with Gasteiger partial charge in [0.2, 0.25) is 0 Å². The lowest BCUT2D eigenvalue weighted by atomic mass is 10.1. The number of carboxylic acids is 1. The van der Waals surface area contributed by atoms with Crippen molar-refractivity contribution in [1.82, 2.24) is 0 Å². The third-order valence-corrected chi connectivity index (χ3v) is 2.78. The highest BCUT2D eigenvalue weighted by Gasteiger charge is 2.43. The number of Topliss-reactive ketones (excluding diaryl/α,β-unsaturated/α-hetero) is 1. The van der Waals surface area contributed by atoms with Crippen LogP contribution in [-0.4, -0.2) is 16.9 Å². The first kappa shape index (κ1) is 9.90. The summed E-state index contributed by atoms with van der Waals surface area (Å²) >= 11 is 0. The summed E-state index contributed by atoms with van der Waals surface area (Å²) in [6.45, 7) is 0. The lowest BCUT2D eigenvalue weighted by Crippen LogP contribution is -2.04. The third kappa shape index (κ3) is 2.24. The molecule has 1 aromatic carbocycles. The number of aliphatic carboxylic acids is 1. The summed E-state index contributed by atoms with van der Waals surface area (Å²) in [4.78, 5) is 22.2. The predicted octanol–water partition coefficient (Wildman–Crippen LogP) is 1.98. The van der Waals surface area contributed by atoms with E-state index in [2.05, 4.69) is 0 Å². The van der Waals surface area contributed by atoms with Gasteiger partial charge in [-0.3, -0.25) is 9.59 Å². The molecule has 1 aromatic rings. The number of carboxylic acid groups (broad SMARTS) is 1. The van der Waals surface area contributed by atoms with E-state index in [0.717, 1.165) is 0 Å². The van der Waals surface area contributed by atoms with E-state index < -0.39 is 5.97 Å². The molecule has 1 saturated carbocycles. The van der Waals surface area contributed by atoms with E-state index in [1.54, 1.807) is 12.1 Å². The Morgan fingerprint density at radius 2 is 1.93 bits per heavy atom. The van der Waals surface area contributed by atoms with Crippen LogP contribution in [0, 0.1) is 11.8 Å². The Bertz CT molecular complexity index is 383. The van der Waals surface area contributed by atoms with Crippen molar-refractivity contribution in [3.63, 3.8) is 0 Å². The summed E-state index contributed by atoms with van der Waals surface area (Å²) < 4.78 is 0. The van der Waals surface area contributed by atoms with E-state index in [1.165, 1.54) is 0 Å². The summed E-state index contributed by atoms with van der Waals surface area (Å²) in [5, 5.41) is 8.70. The quantitative estimate of drug-likeness (QED) is 0.763. The van der Waals surface area contributed by atoms with Gasteiger partial charge in [0.15, 0.2) is 5.78 Å². The van der Waals surface area contributed by atoms with Crippen LogP contribution in [0.3, 0.4) is 0 Å². The smallest absolute Gasteiger partial charge is 0.306 e. The molecule has 0 spiro atoms. The number of rotatable bonds is 4. The van der Waals surface area contributed by atoms with Crippen LogP contribution >= 0.6 is 0 Å². The summed E-state index contributed by atoms with van der Waals surface area (Å²) in [5.74, 6) is -0.974. The molecule has 2 atom stereocenters. The summed E-state index contributed by atoms with van der Waals surface area (Å²) in [7, 11) is 0. The van der Waals surface area contributed by atoms with Crippen molar-refractivity contribution in [1.29, 1.82) is 0 Å². The number of hydrogen-bond acceptors (Lipinski definition) is 2. The second-order valence-electron chi connectivity index (χ2n) is 3.93. The van der Waals surface area contributed by atoms with Gasteiger partial charge in [0, 0.05) is 12.0 Å². The fraction of sp³-hybridized carbons (Fsp3) is 0.333. The number of benzene rings is 1. The Hall–Kier alpha value is -1.64. The zero-order valence-corrected chi connectivity index (χ0v) is 8.22. The predicted molar refractivity (Wildman–Crippen MR) is 54.6 cm³/mol. The first-order chi connectivity index (χ1) is 7.18. The number of hydrogen-bond donors (Lipinski definition) is 1. The molecule has 0 aliphatic heterocycles. The zero-order chi connectivity index (χ0) is 10.8. The first-order valence-corrected chi connectivity index (χ1v) is 4.99. The lowest BCUT2D eigenvalue weighted by Gasteiger charge is -1.98. The normalized spacial score (nSPS) is 23.5. The Kier molecular flexibility index (Phi) is 2.54. The minimum Gasteiger partial charge on any atom is -0.481 e. The van der Waals surface area contributed by atoms with Gasteiger partial charge in [-0.2, -0.15) is 0 Å². The van der Waals surface area contributed by atoms with Crippen LogP contribution in [0.2, 0.25) is 0 Å². The molecule has 0 saturated heterocycles. The van der Waals surface area contributed by atoms with Gasteiger partial charge >= 0.3 is 5.97 Å². The van der Waals surface area contributed by atoms with Gasteiger partial charge in [0.05, 0.1) is 5.92 Å². The highest BCUT2D eigenvalue weighted by Crippen LogP contribution is 2.41. The Labute approximate surface area is 87.7 Å². The van der Waals surface area contributed by atoms with Crippen molar-refractivity contribution in [3.8, 4) is 0 Å². The van der Waals surface area contributed by atoms with Crippen molar-refractivity contribution in [2.45, 2.75) is 12.8 Å². The molecule has 1 aliphatic carbocycles. The van der Waals surface area contributed by atoms with Crippen LogP contribution < -0.4 is 0 Å². The zero-order valence-electron chi connectivity index (χ0n) is 8.22. The van der Waals surface area contributed by atoms with Crippen LogP contribution in [0.25, 0.3) is 0 Å². The molecule has 0 bridgehead atoms. The summed E-state index contributed by atoms with van der Waals surface area (Å²) in [6.07, 6.45) is 1.01. The highest BCUT2D eigenvalue weighted by atomic mass is 16.4. The molecule has 0 heterocycles. The van der Waals surface area contributed by atoms with E-state index in [4.69, 9.17) is 5.11 Å². The van der Waals surface area contributed by atoms with Crippen LogP contribution in [0.5, 0.6) is 0 Å². The van der Waals surface area contributed by atoms with Gasteiger partial charge < -0.3 is 5.11 Å². The molecule has 78 valence electrons. The SMILES string of the molecule is O=C(CC1CC1C(=O)O)c1ccccc1. The molecule has 1 fully saturated rings. The first-order valence-electron chi connectivity index (χ1n) is 4.99. The van der Waals surface area contributed by atoms with Crippen LogP contribution in [0.15, 0.2) is 30.3 Å². The molecule has 1 aliphatic rings. The van der Waals surface area contributed by atoms with Crippen LogP contribution in [0.4, 0.5) is 0 Å². The molecule has 2 rings (SSSR count). The van der Waals surface area contributed by atoms with Gasteiger partial charge in [-0.15, -0.1) is 0 Å². The van der Waals surface area contributed by atoms with E-state index in [0.29, 0.717) is 18.4 Å². The van der Waals surface area contributed by atoms with Gasteiger partial charge in [-0.1, -0.05) is 30.3 Å². The van der Waals surface area contributed by atoms with Gasteiger partial charge in [-0.25, -0.2) is 0 Å². The largest absolute Gasteiger partial charge is 0.481 e. The average Bonchev–Trinajstić information content (AvgIpc) is 2.98. The summed E-state index contributed by atoms with van der Waals surface area (Å²) in [5.41, 5.74) is 0.675. The van der Waals surface area contributed by atoms with Gasteiger partial charge in [0.1, 0.15) is 0 Å². The standard InChI is InChI=1S/C12H12O3/c13-11(8-4-2-1-3-5-8)7-9-6-10(9)12(14)15/h1-5,9-10H,6-7H2,(H,14,15). The monoisotopic (exact) mass is 204 g/mol. The second kappa shape index (κ2) is 3.85. The summed E-state index contributed by atoms with van der Waals surface area (Å²) in [6, 6.07) is 9.01. The minimum absolute atomic E-state index is 0.0457. The molecule has 0 radical (unpaired) electrons. The number of carbonyl (C=O) groups is 2.